The minimum absolute atomic E-state index is 0.0248. The zero-order valence-electron chi connectivity index (χ0n) is 13.7. The van der Waals surface area contributed by atoms with Gasteiger partial charge in [-0.05, 0) is 38.0 Å². The second-order valence-electron chi connectivity index (χ2n) is 6.53. The molecule has 0 radical (unpaired) electrons. The molecular weight excluding hydrogens is 294 g/mol. The maximum absolute atomic E-state index is 9.88. The molecule has 2 fully saturated rings. The predicted octanol–water partition coefficient (Wildman–Crippen LogP) is 0.215. The summed E-state index contributed by atoms with van der Waals surface area (Å²) < 4.78 is 0. The molecule has 130 valence electrons. The number of β-amino-alcohol motifs (C(OH)–C–C–N with tert-alkyl or cyclic N) is 1. The second-order valence-corrected chi connectivity index (χ2v) is 6.53. The summed E-state index contributed by atoms with van der Waals surface area (Å²) in [4.78, 5) is 8.21. The molecule has 0 aromatic carbocycles. The topological polar surface area (TPSA) is 79.5 Å². The average molecular weight is 323 g/mol. The van der Waals surface area contributed by atoms with Crippen molar-refractivity contribution in [3.8, 4) is 0 Å². The van der Waals surface area contributed by atoms with E-state index in [0.29, 0.717) is 18.9 Å². The normalized spacial score (nSPS) is 31.2. The first-order chi connectivity index (χ1) is 11.1. The summed E-state index contributed by atoms with van der Waals surface area (Å²) in [7, 11) is 0. The molecule has 6 nitrogen and oxygen atoms in total. The molecule has 2 rings (SSSR count). The SMILES string of the molecule is C=C/C(=C\N=C)N1CCC(CN2C[C@H](O)C(O)C[C@@H]2CO)CC1. The van der Waals surface area contributed by atoms with Crippen LogP contribution in [0.2, 0.25) is 0 Å². The zero-order valence-corrected chi connectivity index (χ0v) is 13.7. The number of rotatable bonds is 6. The van der Waals surface area contributed by atoms with Crippen LogP contribution >= 0.6 is 0 Å². The first kappa shape index (κ1) is 18.1. The molecule has 2 saturated heterocycles. The van der Waals surface area contributed by atoms with E-state index in [1.165, 1.54) is 0 Å². The van der Waals surface area contributed by atoms with Crippen LogP contribution in [0, 0.1) is 5.92 Å². The van der Waals surface area contributed by atoms with Crippen molar-refractivity contribution in [1.82, 2.24) is 9.80 Å². The number of aliphatic hydroxyl groups excluding tert-OH is 3. The smallest absolute Gasteiger partial charge is 0.0926 e. The number of hydrogen-bond donors (Lipinski definition) is 3. The Balaban J connectivity index is 1.87. The largest absolute Gasteiger partial charge is 0.395 e. The van der Waals surface area contributed by atoms with E-state index in [4.69, 9.17) is 0 Å². The van der Waals surface area contributed by atoms with Gasteiger partial charge in [0.2, 0.25) is 0 Å². The highest BCUT2D eigenvalue weighted by Gasteiger charge is 2.34. The number of hydrogen-bond acceptors (Lipinski definition) is 6. The quantitative estimate of drug-likeness (QED) is 0.481. The van der Waals surface area contributed by atoms with Crippen molar-refractivity contribution in [2.45, 2.75) is 37.5 Å². The summed E-state index contributed by atoms with van der Waals surface area (Å²) in [5.74, 6) is 0.533. The lowest BCUT2D eigenvalue weighted by Crippen LogP contribution is -2.55. The fraction of sp³-hybridized carbons (Fsp3) is 0.706. The van der Waals surface area contributed by atoms with Gasteiger partial charge >= 0.3 is 0 Å². The number of aliphatic imine (C=N–C) groups is 1. The maximum Gasteiger partial charge on any atom is 0.0926 e. The van der Waals surface area contributed by atoms with Gasteiger partial charge in [-0.3, -0.25) is 9.89 Å². The molecule has 6 heteroatoms. The molecule has 0 amide bonds. The highest BCUT2D eigenvalue weighted by atomic mass is 16.3. The zero-order chi connectivity index (χ0) is 16.8. The van der Waals surface area contributed by atoms with E-state index in [1.54, 1.807) is 12.3 Å². The molecule has 0 spiro atoms. The summed E-state index contributed by atoms with van der Waals surface area (Å²) >= 11 is 0. The van der Waals surface area contributed by atoms with Gasteiger partial charge in [-0.1, -0.05) is 6.58 Å². The summed E-state index contributed by atoms with van der Waals surface area (Å²) in [6.07, 6.45) is 4.64. The highest BCUT2D eigenvalue weighted by molar-refractivity contribution is 5.28. The van der Waals surface area contributed by atoms with Crippen LogP contribution < -0.4 is 0 Å². The first-order valence-corrected chi connectivity index (χ1v) is 8.33. The Kier molecular flexibility index (Phi) is 6.77. The lowest BCUT2D eigenvalue weighted by molar-refractivity contribution is -0.0760. The van der Waals surface area contributed by atoms with E-state index < -0.39 is 12.2 Å². The third-order valence-corrected chi connectivity index (χ3v) is 5.01. The van der Waals surface area contributed by atoms with Crippen LogP contribution in [-0.2, 0) is 0 Å². The number of aliphatic hydroxyl groups is 3. The lowest BCUT2D eigenvalue weighted by atomic mass is 9.92. The molecule has 0 bridgehead atoms. The van der Waals surface area contributed by atoms with Crippen LogP contribution in [-0.4, -0.2) is 82.9 Å². The number of piperidine rings is 2. The number of likely N-dealkylation sites (tertiary alicyclic amines) is 2. The highest BCUT2D eigenvalue weighted by Crippen LogP contribution is 2.25. The van der Waals surface area contributed by atoms with Crippen molar-refractivity contribution in [3.63, 3.8) is 0 Å². The Bertz CT molecular complexity index is 433. The molecule has 0 aromatic rings. The fourth-order valence-electron chi connectivity index (χ4n) is 3.57. The monoisotopic (exact) mass is 323 g/mol. The van der Waals surface area contributed by atoms with E-state index in [-0.39, 0.29) is 12.6 Å². The van der Waals surface area contributed by atoms with Gasteiger partial charge in [-0.25, -0.2) is 0 Å². The van der Waals surface area contributed by atoms with Crippen LogP contribution in [0.4, 0.5) is 0 Å². The lowest BCUT2D eigenvalue weighted by Gasteiger charge is -2.43. The van der Waals surface area contributed by atoms with Crippen molar-refractivity contribution < 1.29 is 15.3 Å². The molecular formula is C17H29N3O3. The van der Waals surface area contributed by atoms with Gasteiger partial charge in [-0.2, -0.15) is 0 Å². The Hall–Kier alpha value is -1.21. The Morgan fingerprint density at radius 2 is 1.91 bits per heavy atom. The summed E-state index contributed by atoms with van der Waals surface area (Å²) in [6, 6.07) is -0.0555. The van der Waals surface area contributed by atoms with Crippen LogP contribution in [0.3, 0.4) is 0 Å². The minimum Gasteiger partial charge on any atom is -0.395 e. The standard InChI is InChI=1S/C17H29N3O3/c1-3-14(9-18-2)19-6-4-13(5-7-19)10-20-11-17(23)16(22)8-15(20)12-21/h3,9,13,15-17,21-23H,1-2,4-8,10-12H2/b14-9+/t15-,16?,17+/m1/s1. The van der Waals surface area contributed by atoms with Crippen LogP contribution in [0.5, 0.6) is 0 Å². The summed E-state index contributed by atoms with van der Waals surface area (Å²) in [6.45, 7) is 10.5. The second kappa shape index (κ2) is 8.59. The summed E-state index contributed by atoms with van der Waals surface area (Å²) in [5, 5.41) is 29.2. The molecule has 0 saturated carbocycles. The van der Waals surface area contributed by atoms with Crippen LogP contribution in [0.15, 0.2) is 29.5 Å². The van der Waals surface area contributed by atoms with Gasteiger partial charge in [-0.15, -0.1) is 0 Å². The van der Waals surface area contributed by atoms with E-state index in [2.05, 4.69) is 28.1 Å². The molecule has 1 unspecified atom stereocenters. The molecule has 2 aliphatic rings. The third kappa shape index (κ3) is 4.64. The molecule has 0 aromatic heterocycles. The van der Waals surface area contributed by atoms with Crippen molar-refractivity contribution in [2.75, 3.05) is 32.8 Å². The molecule has 3 N–H and O–H groups in total. The minimum atomic E-state index is -0.725. The van der Waals surface area contributed by atoms with Gasteiger partial charge in [0, 0.05) is 38.4 Å². The van der Waals surface area contributed by atoms with Gasteiger partial charge in [0.1, 0.15) is 0 Å². The maximum atomic E-state index is 9.88. The predicted molar refractivity (Wildman–Crippen MR) is 91.2 cm³/mol. The third-order valence-electron chi connectivity index (χ3n) is 5.01. The van der Waals surface area contributed by atoms with Crippen LogP contribution in [0.25, 0.3) is 0 Å². The first-order valence-electron chi connectivity index (χ1n) is 8.33. The molecule has 2 aliphatic heterocycles. The van der Waals surface area contributed by atoms with Crippen molar-refractivity contribution in [3.05, 3.63) is 24.6 Å². The van der Waals surface area contributed by atoms with E-state index in [9.17, 15) is 15.3 Å². The number of nitrogens with zero attached hydrogens (tertiary/aromatic N) is 3. The van der Waals surface area contributed by atoms with Crippen molar-refractivity contribution in [1.29, 1.82) is 0 Å². The van der Waals surface area contributed by atoms with E-state index in [0.717, 1.165) is 38.2 Å². The molecule has 0 aliphatic carbocycles. The molecule has 23 heavy (non-hydrogen) atoms. The molecule has 2 heterocycles. The average Bonchev–Trinajstić information content (AvgIpc) is 2.56. The van der Waals surface area contributed by atoms with Gasteiger partial charge in [0.25, 0.3) is 0 Å². The van der Waals surface area contributed by atoms with Gasteiger partial charge < -0.3 is 20.2 Å². The van der Waals surface area contributed by atoms with Crippen molar-refractivity contribution in [2.24, 2.45) is 10.9 Å². The van der Waals surface area contributed by atoms with E-state index >= 15 is 0 Å². The fourth-order valence-corrected chi connectivity index (χ4v) is 3.57. The molecule has 3 atom stereocenters. The van der Waals surface area contributed by atoms with Gasteiger partial charge in [0.15, 0.2) is 0 Å². The Labute approximate surface area is 138 Å². The Morgan fingerprint density at radius 1 is 1.22 bits per heavy atom. The van der Waals surface area contributed by atoms with Crippen molar-refractivity contribution >= 4 is 6.72 Å². The van der Waals surface area contributed by atoms with Gasteiger partial charge in [0.05, 0.1) is 24.5 Å². The summed E-state index contributed by atoms with van der Waals surface area (Å²) in [5.41, 5.74) is 1.00. The Morgan fingerprint density at radius 3 is 2.48 bits per heavy atom. The van der Waals surface area contributed by atoms with Crippen LogP contribution in [0.1, 0.15) is 19.3 Å². The van der Waals surface area contributed by atoms with E-state index in [1.807, 2.05) is 0 Å². The number of allylic oxidation sites excluding steroid dienone is 1.